The van der Waals surface area contributed by atoms with Gasteiger partial charge in [0.2, 0.25) is 0 Å². The summed E-state index contributed by atoms with van der Waals surface area (Å²) < 4.78 is 0. The standard InChI is InChI=1S/C17H19N3O3S/c1-3-18-15(21)12-5-7-13(8-6-12)20-17(23)16(22)19-10-14-9-4-11(2)24-14/h4-9H,3,10H2,1-2H3,(H,18,21)(H,19,22)(H,20,23). The fourth-order valence-corrected chi connectivity index (χ4v) is 2.81. The molecule has 2 aromatic rings. The van der Waals surface area contributed by atoms with E-state index in [4.69, 9.17) is 0 Å². The van der Waals surface area contributed by atoms with Crippen molar-refractivity contribution in [2.45, 2.75) is 20.4 Å². The number of carbonyl (C=O) groups is 3. The van der Waals surface area contributed by atoms with Crippen molar-refractivity contribution in [2.24, 2.45) is 0 Å². The third kappa shape index (κ3) is 4.92. The van der Waals surface area contributed by atoms with Crippen LogP contribution in [0.5, 0.6) is 0 Å². The zero-order chi connectivity index (χ0) is 17.5. The van der Waals surface area contributed by atoms with Crippen LogP contribution in [0.15, 0.2) is 36.4 Å². The van der Waals surface area contributed by atoms with Crippen LogP contribution >= 0.6 is 11.3 Å². The lowest BCUT2D eigenvalue weighted by atomic mass is 10.2. The molecule has 0 unspecified atom stereocenters. The molecule has 1 aromatic carbocycles. The van der Waals surface area contributed by atoms with Crippen molar-refractivity contribution >= 4 is 34.7 Å². The van der Waals surface area contributed by atoms with Crippen molar-refractivity contribution < 1.29 is 14.4 Å². The van der Waals surface area contributed by atoms with Crippen LogP contribution in [0.2, 0.25) is 0 Å². The zero-order valence-electron chi connectivity index (χ0n) is 13.5. The average molecular weight is 345 g/mol. The molecule has 2 rings (SSSR count). The van der Waals surface area contributed by atoms with Gasteiger partial charge in [0.15, 0.2) is 0 Å². The van der Waals surface area contributed by atoms with Crippen molar-refractivity contribution in [3.05, 3.63) is 51.7 Å². The van der Waals surface area contributed by atoms with Gasteiger partial charge in [0.05, 0.1) is 6.54 Å². The molecule has 1 heterocycles. The van der Waals surface area contributed by atoms with Gasteiger partial charge in [0.1, 0.15) is 0 Å². The largest absolute Gasteiger partial charge is 0.352 e. The Morgan fingerprint density at radius 3 is 2.25 bits per heavy atom. The molecule has 0 atom stereocenters. The summed E-state index contributed by atoms with van der Waals surface area (Å²) in [7, 11) is 0. The van der Waals surface area contributed by atoms with E-state index in [1.54, 1.807) is 35.6 Å². The third-order valence-electron chi connectivity index (χ3n) is 3.17. The molecule has 6 nitrogen and oxygen atoms in total. The van der Waals surface area contributed by atoms with Crippen LogP contribution in [-0.2, 0) is 16.1 Å². The minimum absolute atomic E-state index is 0.181. The highest BCUT2D eigenvalue weighted by molar-refractivity contribution is 7.11. The molecule has 1 aromatic heterocycles. The molecule has 24 heavy (non-hydrogen) atoms. The Hall–Kier alpha value is -2.67. The number of rotatable bonds is 5. The first-order valence-corrected chi connectivity index (χ1v) is 8.34. The molecule has 126 valence electrons. The summed E-state index contributed by atoms with van der Waals surface area (Å²) in [6.45, 7) is 4.68. The maximum absolute atomic E-state index is 11.9. The Kier molecular flexibility index (Phi) is 6.08. The molecule has 0 aliphatic carbocycles. The lowest BCUT2D eigenvalue weighted by Gasteiger charge is -2.07. The minimum Gasteiger partial charge on any atom is -0.352 e. The third-order valence-corrected chi connectivity index (χ3v) is 4.17. The summed E-state index contributed by atoms with van der Waals surface area (Å²) in [5, 5.41) is 7.76. The molecule has 0 spiro atoms. The van der Waals surface area contributed by atoms with Gasteiger partial charge >= 0.3 is 11.8 Å². The van der Waals surface area contributed by atoms with Crippen molar-refractivity contribution in [2.75, 3.05) is 11.9 Å². The van der Waals surface area contributed by atoms with Crippen molar-refractivity contribution in [1.29, 1.82) is 0 Å². The molecule has 0 aliphatic heterocycles. The maximum Gasteiger partial charge on any atom is 0.313 e. The van der Waals surface area contributed by atoms with Crippen LogP contribution in [0.1, 0.15) is 27.0 Å². The summed E-state index contributed by atoms with van der Waals surface area (Å²) in [4.78, 5) is 37.4. The van der Waals surface area contributed by atoms with Gasteiger partial charge in [-0.3, -0.25) is 14.4 Å². The van der Waals surface area contributed by atoms with Crippen molar-refractivity contribution in [1.82, 2.24) is 10.6 Å². The SMILES string of the molecule is CCNC(=O)c1ccc(NC(=O)C(=O)NCc2ccc(C)s2)cc1. The monoisotopic (exact) mass is 345 g/mol. The van der Waals surface area contributed by atoms with Gasteiger partial charge in [-0.2, -0.15) is 0 Å². The van der Waals surface area contributed by atoms with Crippen molar-refractivity contribution in [3.63, 3.8) is 0 Å². The van der Waals surface area contributed by atoms with E-state index >= 15 is 0 Å². The lowest BCUT2D eigenvalue weighted by Crippen LogP contribution is -2.34. The molecule has 0 saturated carbocycles. The Balaban J connectivity index is 1.86. The number of carbonyl (C=O) groups excluding carboxylic acids is 3. The summed E-state index contributed by atoms with van der Waals surface area (Å²) in [6.07, 6.45) is 0. The molecule has 0 bridgehead atoms. The smallest absolute Gasteiger partial charge is 0.313 e. The number of hydrogen-bond acceptors (Lipinski definition) is 4. The van der Waals surface area contributed by atoms with Gasteiger partial charge < -0.3 is 16.0 Å². The van der Waals surface area contributed by atoms with E-state index in [0.29, 0.717) is 24.3 Å². The van der Waals surface area contributed by atoms with Gasteiger partial charge in [0.25, 0.3) is 5.91 Å². The van der Waals surface area contributed by atoms with Gasteiger partial charge in [0, 0.05) is 27.5 Å². The van der Waals surface area contributed by atoms with Crippen LogP contribution < -0.4 is 16.0 Å². The molecule has 7 heteroatoms. The van der Waals surface area contributed by atoms with Crippen molar-refractivity contribution in [3.8, 4) is 0 Å². The first-order chi connectivity index (χ1) is 11.5. The molecule has 0 saturated heterocycles. The second-order valence-corrected chi connectivity index (χ2v) is 6.46. The Morgan fingerprint density at radius 2 is 1.67 bits per heavy atom. The van der Waals surface area contributed by atoms with Crippen LogP contribution in [0.4, 0.5) is 5.69 Å². The van der Waals surface area contributed by atoms with Crippen LogP contribution in [0.3, 0.4) is 0 Å². The van der Waals surface area contributed by atoms with Crippen LogP contribution in [0, 0.1) is 6.92 Å². The molecular weight excluding hydrogens is 326 g/mol. The lowest BCUT2D eigenvalue weighted by molar-refractivity contribution is -0.136. The van der Waals surface area contributed by atoms with Gasteiger partial charge in [-0.05, 0) is 50.2 Å². The predicted octanol–water partition coefficient (Wildman–Crippen LogP) is 2.06. The van der Waals surface area contributed by atoms with Gasteiger partial charge in [-0.1, -0.05) is 0 Å². The predicted molar refractivity (Wildman–Crippen MR) is 94.0 cm³/mol. The normalized spacial score (nSPS) is 10.1. The average Bonchev–Trinajstić information content (AvgIpc) is 2.99. The van der Waals surface area contributed by atoms with Gasteiger partial charge in [-0.15, -0.1) is 11.3 Å². The molecule has 0 aliphatic rings. The first kappa shape index (κ1) is 17.7. The fourth-order valence-electron chi connectivity index (χ4n) is 1.98. The number of nitrogens with one attached hydrogen (secondary N) is 3. The van der Waals surface area contributed by atoms with Gasteiger partial charge in [-0.25, -0.2) is 0 Å². The number of hydrogen-bond donors (Lipinski definition) is 3. The summed E-state index contributed by atoms with van der Waals surface area (Å²) in [6, 6.07) is 10.2. The zero-order valence-corrected chi connectivity index (χ0v) is 14.3. The Morgan fingerprint density at radius 1 is 0.958 bits per heavy atom. The maximum atomic E-state index is 11.9. The van der Waals surface area contributed by atoms with E-state index in [0.717, 1.165) is 9.75 Å². The van der Waals surface area contributed by atoms with E-state index in [1.807, 2.05) is 26.0 Å². The number of amides is 3. The quantitative estimate of drug-likeness (QED) is 0.725. The highest BCUT2D eigenvalue weighted by atomic mass is 32.1. The summed E-state index contributed by atoms with van der Waals surface area (Å²) in [5.41, 5.74) is 0.947. The number of thiophene rings is 1. The van der Waals surface area contributed by atoms with Crippen LogP contribution in [0.25, 0.3) is 0 Å². The molecule has 3 amide bonds. The highest BCUT2D eigenvalue weighted by Gasteiger charge is 2.14. The Labute approximate surface area is 144 Å². The molecular formula is C17H19N3O3S. The minimum atomic E-state index is -0.742. The fraction of sp³-hybridized carbons (Fsp3) is 0.235. The number of anilines is 1. The number of aryl methyl sites for hydroxylation is 1. The Bertz CT molecular complexity index is 738. The molecule has 3 N–H and O–H groups in total. The molecule has 0 radical (unpaired) electrons. The van der Waals surface area contributed by atoms with E-state index in [-0.39, 0.29) is 5.91 Å². The van der Waals surface area contributed by atoms with E-state index in [1.165, 1.54) is 0 Å². The number of benzene rings is 1. The first-order valence-electron chi connectivity index (χ1n) is 7.52. The van der Waals surface area contributed by atoms with Crippen LogP contribution in [-0.4, -0.2) is 24.3 Å². The summed E-state index contributed by atoms with van der Waals surface area (Å²) >= 11 is 1.57. The highest BCUT2D eigenvalue weighted by Crippen LogP contribution is 2.14. The van der Waals surface area contributed by atoms with E-state index < -0.39 is 11.8 Å². The second kappa shape index (κ2) is 8.26. The van der Waals surface area contributed by atoms with E-state index in [2.05, 4.69) is 16.0 Å². The molecule has 0 fully saturated rings. The summed E-state index contributed by atoms with van der Waals surface area (Å²) in [5.74, 6) is -1.62. The topological polar surface area (TPSA) is 87.3 Å². The van der Waals surface area contributed by atoms with E-state index in [9.17, 15) is 14.4 Å². The second-order valence-electron chi connectivity index (χ2n) is 5.09.